The molecule has 0 saturated carbocycles. The van der Waals surface area contributed by atoms with Crippen molar-refractivity contribution in [1.82, 2.24) is 9.80 Å². The molecule has 0 atom stereocenters. The Morgan fingerprint density at radius 3 is 2.33 bits per heavy atom. The molecule has 2 aromatic carbocycles. The molecule has 0 bridgehead atoms. The van der Waals surface area contributed by atoms with Crippen LogP contribution in [0.5, 0.6) is 0 Å². The highest BCUT2D eigenvalue weighted by Gasteiger charge is 2.22. The predicted molar refractivity (Wildman–Crippen MR) is 143 cm³/mol. The van der Waals surface area contributed by atoms with Crippen LogP contribution in [0.4, 0.5) is 14.9 Å². The lowest BCUT2D eigenvalue weighted by Crippen LogP contribution is -2.44. The highest BCUT2D eigenvalue weighted by molar-refractivity contribution is 7.09. The summed E-state index contributed by atoms with van der Waals surface area (Å²) in [5, 5.41) is 4.88. The van der Waals surface area contributed by atoms with E-state index in [1.54, 1.807) is 35.5 Å². The number of benzene rings is 2. The Kier molecular flexibility index (Phi) is 10.5. The van der Waals surface area contributed by atoms with Gasteiger partial charge in [-0.05, 0) is 59.2 Å². The SMILES string of the molecule is COCCCN(CC(=O)N(Cc1ccc(F)cc1)Cc1cccs1)C(=O)Nc1ccc(C(C)C)cc1. The van der Waals surface area contributed by atoms with Crippen LogP contribution in [0.15, 0.2) is 66.0 Å². The average Bonchev–Trinajstić information content (AvgIpc) is 3.38. The van der Waals surface area contributed by atoms with E-state index in [2.05, 4.69) is 19.2 Å². The third kappa shape index (κ3) is 8.46. The molecule has 36 heavy (non-hydrogen) atoms. The predicted octanol–water partition coefficient (Wildman–Crippen LogP) is 6.11. The maximum Gasteiger partial charge on any atom is 0.322 e. The van der Waals surface area contributed by atoms with E-state index in [9.17, 15) is 14.0 Å². The minimum Gasteiger partial charge on any atom is -0.385 e. The monoisotopic (exact) mass is 511 g/mol. The second-order valence-corrected chi connectivity index (χ2v) is 9.96. The van der Waals surface area contributed by atoms with Gasteiger partial charge in [-0.3, -0.25) is 4.79 Å². The van der Waals surface area contributed by atoms with Gasteiger partial charge in [0, 0.05) is 37.4 Å². The number of methoxy groups -OCH3 is 1. The summed E-state index contributed by atoms with van der Waals surface area (Å²) in [4.78, 5) is 30.9. The topological polar surface area (TPSA) is 61.9 Å². The molecular weight excluding hydrogens is 477 g/mol. The van der Waals surface area contributed by atoms with E-state index in [0.29, 0.717) is 44.3 Å². The van der Waals surface area contributed by atoms with Gasteiger partial charge in [0.1, 0.15) is 12.4 Å². The number of ether oxygens (including phenoxy) is 1. The first kappa shape index (κ1) is 27.4. The minimum absolute atomic E-state index is 0.0772. The van der Waals surface area contributed by atoms with Crippen LogP contribution < -0.4 is 5.32 Å². The van der Waals surface area contributed by atoms with Gasteiger partial charge in [-0.2, -0.15) is 0 Å². The van der Waals surface area contributed by atoms with Crippen molar-refractivity contribution in [2.24, 2.45) is 0 Å². The summed E-state index contributed by atoms with van der Waals surface area (Å²) in [5.74, 6) is -0.110. The molecule has 0 aliphatic carbocycles. The number of halogens is 1. The largest absolute Gasteiger partial charge is 0.385 e. The Morgan fingerprint density at radius 1 is 1.00 bits per heavy atom. The number of hydrogen-bond donors (Lipinski definition) is 1. The van der Waals surface area contributed by atoms with Crippen molar-refractivity contribution < 1.29 is 18.7 Å². The van der Waals surface area contributed by atoms with Crippen molar-refractivity contribution in [3.05, 3.63) is 87.9 Å². The minimum atomic E-state index is -0.338. The lowest BCUT2D eigenvalue weighted by molar-refractivity contribution is -0.133. The normalized spacial score (nSPS) is 10.9. The van der Waals surface area contributed by atoms with E-state index in [-0.39, 0.29) is 24.3 Å². The lowest BCUT2D eigenvalue weighted by Gasteiger charge is -2.28. The number of anilines is 1. The fourth-order valence-corrected chi connectivity index (χ4v) is 4.42. The molecule has 0 saturated heterocycles. The number of amides is 3. The highest BCUT2D eigenvalue weighted by Crippen LogP contribution is 2.18. The fourth-order valence-electron chi connectivity index (χ4n) is 3.70. The van der Waals surface area contributed by atoms with E-state index in [1.165, 1.54) is 22.6 Å². The zero-order valence-electron chi connectivity index (χ0n) is 21.1. The summed E-state index contributed by atoms with van der Waals surface area (Å²) in [6, 6.07) is 17.4. The zero-order valence-corrected chi connectivity index (χ0v) is 21.9. The molecular formula is C28H34FN3O3S. The lowest BCUT2D eigenvalue weighted by atomic mass is 10.0. The number of nitrogens with zero attached hydrogens (tertiary/aromatic N) is 2. The van der Waals surface area contributed by atoms with Gasteiger partial charge in [-0.25, -0.2) is 9.18 Å². The van der Waals surface area contributed by atoms with Crippen LogP contribution in [0, 0.1) is 5.82 Å². The Bertz CT molecular complexity index is 1090. The van der Waals surface area contributed by atoms with Crippen molar-refractivity contribution in [3.8, 4) is 0 Å². The molecule has 3 rings (SSSR count). The van der Waals surface area contributed by atoms with Crippen LogP contribution in [0.25, 0.3) is 0 Å². The molecule has 1 aromatic heterocycles. The summed E-state index contributed by atoms with van der Waals surface area (Å²) in [6.45, 7) is 5.75. The number of rotatable bonds is 12. The molecule has 3 aromatic rings. The molecule has 192 valence electrons. The summed E-state index contributed by atoms with van der Waals surface area (Å²) in [7, 11) is 1.61. The maximum atomic E-state index is 13.5. The molecule has 0 radical (unpaired) electrons. The Morgan fingerprint density at radius 2 is 1.72 bits per heavy atom. The van der Waals surface area contributed by atoms with Crippen molar-refractivity contribution in [2.45, 2.75) is 39.3 Å². The molecule has 0 aliphatic rings. The van der Waals surface area contributed by atoms with Gasteiger partial charge in [0.05, 0.1) is 6.54 Å². The number of urea groups is 1. The zero-order chi connectivity index (χ0) is 25.9. The van der Waals surface area contributed by atoms with Crippen molar-refractivity contribution >= 4 is 29.0 Å². The van der Waals surface area contributed by atoms with Gasteiger partial charge in [-0.15, -0.1) is 11.3 Å². The van der Waals surface area contributed by atoms with Crippen LogP contribution in [0.2, 0.25) is 0 Å². The second kappa shape index (κ2) is 13.8. The molecule has 0 spiro atoms. The van der Waals surface area contributed by atoms with Crippen LogP contribution in [-0.2, 0) is 22.6 Å². The number of hydrogen-bond acceptors (Lipinski definition) is 4. The Labute approximate surface area is 216 Å². The average molecular weight is 512 g/mol. The van der Waals surface area contributed by atoms with Gasteiger partial charge >= 0.3 is 6.03 Å². The summed E-state index contributed by atoms with van der Waals surface area (Å²) < 4.78 is 18.6. The van der Waals surface area contributed by atoms with Crippen LogP contribution >= 0.6 is 11.3 Å². The van der Waals surface area contributed by atoms with Crippen molar-refractivity contribution in [1.29, 1.82) is 0 Å². The Hall–Kier alpha value is -3.23. The molecule has 0 fully saturated rings. The first-order valence-electron chi connectivity index (χ1n) is 12.0. The van der Waals surface area contributed by atoms with Crippen molar-refractivity contribution in [3.63, 3.8) is 0 Å². The molecule has 0 aliphatic heterocycles. The van der Waals surface area contributed by atoms with E-state index in [1.807, 2.05) is 41.8 Å². The summed E-state index contributed by atoms with van der Waals surface area (Å²) in [5.41, 5.74) is 2.68. The van der Waals surface area contributed by atoms with E-state index in [0.717, 1.165) is 10.4 Å². The summed E-state index contributed by atoms with van der Waals surface area (Å²) in [6.07, 6.45) is 0.604. The van der Waals surface area contributed by atoms with E-state index < -0.39 is 0 Å². The van der Waals surface area contributed by atoms with Gasteiger partial charge in [0.25, 0.3) is 0 Å². The molecule has 3 amide bonds. The van der Waals surface area contributed by atoms with Gasteiger partial charge in [0.15, 0.2) is 0 Å². The Balaban J connectivity index is 1.73. The van der Waals surface area contributed by atoms with Crippen LogP contribution in [0.1, 0.15) is 42.2 Å². The van der Waals surface area contributed by atoms with Crippen LogP contribution in [0.3, 0.4) is 0 Å². The number of carbonyl (C=O) groups is 2. The fraction of sp³-hybridized carbons (Fsp3) is 0.357. The first-order chi connectivity index (χ1) is 17.4. The van der Waals surface area contributed by atoms with Gasteiger partial charge in [0.2, 0.25) is 5.91 Å². The van der Waals surface area contributed by atoms with Gasteiger partial charge < -0.3 is 19.9 Å². The number of thiophene rings is 1. The molecule has 1 N–H and O–H groups in total. The third-order valence-corrected chi connectivity index (χ3v) is 6.65. The molecule has 1 heterocycles. The number of nitrogens with one attached hydrogen (secondary N) is 1. The molecule has 6 nitrogen and oxygen atoms in total. The quantitative estimate of drug-likeness (QED) is 0.299. The molecule has 8 heteroatoms. The number of carbonyl (C=O) groups excluding carboxylic acids is 2. The van der Waals surface area contributed by atoms with Crippen molar-refractivity contribution in [2.75, 3.05) is 32.1 Å². The van der Waals surface area contributed by atoms with E-state index in [4.69, 9.17) is 4.74 Å². The van der Waals surface area contributed by atoms with Crippen LogP contribution in [-0.4, -0.2) is 48.5 Å². The van der Waals surface area contributed by atoms with E-state index >= 15 is 0 Å². The standard InChI is InChI=1S/C28H34FN3O3S/c1-21(2)23-9-13-25(14-10-23)30-28(34)31(15-5-16-35-3)20-27(33)32(19-26-6-4-17-36-26)18-22-7-11-24(29)12-8-22/h4,6-14,17,21H,5,15-16,18-20H2,1-3H3,(H,30,34). The highest BCUT2D eigenvalue weighted by atomic mass is 32.1. The first-order valence-corrected chi connectivity index (χ1v) is 12.9. The second-order valence-electron chi connectivity index (χ2n) is 8.93. The van der Waals surface area contributed by atoms with Gasteiger partial charge in [-0.1, -0.05) is 44.2 Å². The molecule has 0 unspecified atom stereocenters. The third-order valence-electron chi connectivity index (χ3n) is 5.78. The smallest absolute Gasteiger partial charge is 0.322 e. The maximum absolute atomic E-state index is 13.5. The summed E-state index contributed by atoms with van der Waals surface area (Å²) >= 11 is 1.57.